The van der Waals surface area contributed by atoms with Crippen LogP contribution in [-0.4, -0.2) is 60.8 Å². The predicted molar refractivity (Wildman–Crippen MR) is 94.8 cm³/mol. The standard InChI is InChI=1S/C18H27N3O4/c1-12-10-13(2)16(14(3)11-12)25-9-6-20-18(24)21-7-5-19-17(23)15(21)4-8-22/h10-11,15,22H,4-9H2,1-3H3,(H,19,23)(H,20,24)/t15-/m0/s1. The lowest BCUT2D eigenvalue weighted by molar-refractivity contribution is -0.128. The number of aliphatic hydroxyl groups excluding tert-OH is 1. The molecule has 138 valence electrons. The van der Waals surface area contributed by atoms with Crippen LogP contribution in [-0.2, 0) is 4.79 Å². The quantitative estimate of drug-likeness (QED) is 0.665. The summed E-state index contributed by atoms with van der Waals surface area (Å²) in [5.74, 6) is 0.618. The third-order valence-corrected chi connectivity index (χ3v) is 4.22. The van der Waals surface area contributed by atoms with Gasteiger partial charge >= 0.3 is 6.03 Å². The Labute approximate surface area is 148 Å². The Hall–Kier alpha value is -2.28. The molecule has 1 atom stereocenters. The van der Waals surface area contributed by atoms with E-state index in [2.05, 4.69) is 22.8 Å². The van der Waals surface area contributed by atoms with E-state index < -0.39 is 6.04 Å². The van der Waals surface area contributed by atoms with Crippen molar-refractivity contribution in [3.63, 3.8) is 0 Å². The number of benzene rings is 1. The molecule has 0 saturated carbocycles. The summed E-state index contributed by atoms with van der Waals surface area (Å²) in [5, 5.41) is 14.6. The molecule has 25 heavy (non-hydrogen) atoms. The van der Waals surface area contributed by atoms with E-state index >= 15 is 0 Å². The van der Waals surface area contributed by atoms with E-state index in [1.165, 1.54) is 10.5 Å². The highest BCUT2D eigenvalue weighted by Crippen LogP contribution is 2.24. The molecule has 1 aliphatic heterocycles. The molecule has 2 rings (SSSR count). The van der Waals surface area contributed by atoms with Crippen LogP contribution in [0.2, 0.25) is 0 Å². The van der Waals surface area contributed by atoms with Crippen LogP contribution in [0.25, 0.3) is 0 Å². The van der Waals surface area contributed by atoms with Gasteiger partial charge in [0.25, 0.3) is 0 Å². The van der Waals surface area contributed by atoms with E-state index in [1.807, 2.05) is 20.8 Å². The maximum Gasteiger partial charge on any atom is 0.318 e. The first-order valence-electron chi connectivity index (χ1n) is 8.57. The molecule has 0 aliphatic carbocycles. The Kier molecular flexibility index (Phi) is 6.64. The summed E-state index contributed by atoms with van der Waals surface area (Å²) in [7, 11) is 0. The number of ether oxygens (including phenoxy) is 1. The van der Waals surface area contributed by atoms with E-state index in [9.17, 15) is 9.59 Å². The molecule has 1 aromatic carbocycles. The van der Waals surface area contributed by atoms with E-state index in [4.69, 9.17) is 9.84 Å². The third-order valence-electron chi connectivity index (χ3n) is 4.22. The summed E-state index contributed by atoms with van der Waals surface area (Å²) in [6, 6.07) is 3.19. The Balaban J connectivity index is 1.85. The topological polar surface area (TPSA) is 90.9 Å². The Morgan fingerprint density at radius 1 is 1.36 bits per heavy atom. The van der Waals surface area contributed by atoms with E-state index in [0.717, 1.165) is 16.9 Å². The van der Waals surface area contributed by atoms with Crippen molar-refractivity contribution in [1.82, 2.24) is 15.5 Å². The van der Waals surface area contributed by atoms with Gasteiger partial charge in [-0.05, 0) is 38.3 Å². The molecule has 3 amide bonds. The summed E-state index contributed by atoms with van der Waals surface area (Å²) in [5.41, 5.74) is 3.33. The number of piperazine rings is 1. The third kappa shape index (κ3) is 4.85. The Morgan fingerprint density at radius 3 is 2.68 bits per heavy atom. The smallest absolute Gasteiger partial charge is 0.318 e. The monoisotopic (exact) mass is 349 g/mol. The fourth-order valence-electron chi connectivity index (χ4n) is 3.17. The highest BCUT2D eigenvalue weighted by molar-refractivity contribution is 5.88. The zero-order chi connectivity index (χ0) is 18.4. The van der Waals surface area contributed by atoms with E-state index in [1.54, 1.807) is 0 Å². The summed E-state index contributed by atoms with van der Waals surface area (Å²) >= 11 is 0. The number of carbonyl (C=O) groups excluding carboxylic acids is 2. The number of hydrogen-bond donors (Lipinski definition) is 3. The van der Waals surface area contributed by atoms with Crippen LogP contribution in [0.4, 0.5) is 4.79 Å². The van der Waals surface area contributed by atoms with Crippen molar-refractivity contribution in [2.24, 2.45) is 0 Å². The van der Waals surface area contributed by atoms with Crippen molar-refractivity contribution in [2.45, 2.75) is 33.2 Å². The minimum absolute atomic E-state index is 0.142. The molecular weight excluding hydrogens is 322 g/mol. The van der Waals surface area contributed by atoms with Crippen LogP contribution in [0.15, 0.2) is 12.1 Å². The predicted octanol–water partition coefficient (Wildman–Crippen LogP) is 0.883. The Bertz CT molecular complexity index is 610. The highest BCUT2D eigenvalue weighted by atomic mass is 16.5. The van der Waals surface area contributed by atoms with Crippen LogP contribution in [0.3, 0.4) is 0 Å². The zero-order valence-corrected chi connectivity index (χ0v) is 15.1. The summed E-state index contributed by atoms with van der Waals surface area (Å²) < 4.78 is 5.80. The van der Waals surface area contributed by atoms with Gasteiger partial charge in [-0.1, -0.05) is 17.7 Å². The van der Waals surface area contributed by atoms with Crippen LogP contribution in [0.5, 0.6) is 5.75 Å². The molecule has 0 bridgehead atoms. The van der Waals surface area contributed by atoms with E-state index in [0.29, 0.717) is 26.2 Å². The molecule has 0 spiro atoms. The number of hydrogen-bond acceptors (Lipinski definition) is 4. The normalized spacial score (nSPS) is 17.2. The maximum absolute atomic E-state index is 12.3. The zero-order valence-electron chi connectivity index (χ0n) is 15.1. The number of amides is 3. The van der Waals surface area contributed by atoms with Gasteiger partial charge in [0, 0.05) is 19.7 Å². The van der Waals surface area contributed by atoms with Crippen LogP contribution < -0.4 is 15.4 Å². The van der Waals surface area contributed by atoms with Crippen molar-refractivity contribution >= 4 is 11.9 Å². The molecule has 1 fully saturated rings. The average Bonchev–Trinajstić information content (AvgIpc) is 2.55. The van der Waals surface area contributed by atoms with E-state index in [-0.39, 0.29) is 25.0 Å². The fourth-order valence-corrected chi connectivity index (χ4v) is 3.17. The maximum atomic E-state index is 12.3. The summed E-state index contributed by atoms with van der Waals surface area (Å²) in [6.07, 6.45) is 0.234. The molecule has 0 unspecified atom stereocenters. The number of rotatable bonds is 6. The molecular formula is C18H27N3O4. The van der Waals surface area contributed by atoms with Gasteiger partial charge < -0.3 is 25.4 Å². The number of nitrogens with zero attached hydrogens (tertiary/aromatic N) is 1. The van der Waals surface area contributed by atoms with Crippen molar-refractivity contribution < 1.29 is 19.4 Å². The number of aryl methyl sites for hydroxylation is 3. The molecule has 7 heteroatoms. The van der Waals surface area contributed by atoms with Crippen molar-refractivity contribution in [1.29, 1.82) is 0 Å². The first-order chi connectivity index (χ1) is 11.9. The second kappa shape index (κ2) is 8.71. The first kappa shape index (κ1) is 19.1. The van der Waals surface area contributed by atoms with Gasteiger partial charge in [-0.15, -0.1) is 0 Å². The number of urea groups is 1. The number of nitrogens with one attached hydrogen (secondary N) is 2. The lowest BCUT2D eigenvalue weighted by Gasteiger charge is -2.34. The molecule has 0 radical (unpaired) electrons. The summed E-state index contributed by atoms with van der Waals surface area (Å²) in [6.45, 7) is 7.44. The van der Waals surface area contributed by atoms with Gasteiger partial charge in [-0.2, -0.15) is 0 Å². The van der Waals surface area contributed by atoms with Gasteiger partial charge in [-0.25, -0.2) is 4.79 Å². The van der Waals surface area contributed by atoms with Crippen LogP contribution >= 0.6 is 0 Å². The van der Waals surface area contributed by atoms with Crippen molar-refractivity contribution in [3.8, 4) is 5.75 Å². The molecule has 0 aromatic heterocycles. The second-order valence-electron chi connectivity index (χ2n) is 6.32. The molecule has 1 saturated heterocycles. The lowest BCUT2D eigenvalue weighted by Crippen LogP contribution is -2.59. The minimum atomic E-state index is -0.624. The number of aliphatic hydroxyl groups is 1. The largest absolute Gasteiger partial charge is 0.491 e. The molecule has 1 aliphatic rings. The van der Waals surface area contributed by atoms with Crippen LogP contribution in [0.1, 0.15) is 23.1 Å². The first-order valence-corrected chi connectivity index (χ1v) is 8.57. The average molecular weight is 349 g/mol. The highest BCUT2D eigenvalue weighted by Gasteiger charge is 2.32. The lowest BCUT2D eigenvalue weighted by atomic mass is 10.1. The SMILES string of the molecule is Cc1cc(C)c(OCCNC(=O)N2CCNC(=O)[C@@H]2CCO)c(C)c1. The van der Waals surface area contributed by atoms with Gasteiger partial charge in [0.1, 0.15) is 18.4 Å². The molecule has 1 aromatic rings. The van der Waals surface area contributed by atoms with Gasteiger partial charge in [0.15, 0.2) is 0 Å². The van der Waals surface area contributed by atoms with Gasteiger partial charge in [-0.3, -0.25) is 4.79 Å². The summed E-state index contributed by atoms with van der Waals surface area (Å²) in [4.78, 5) is 25.6. The van der Waals surface area contributed by atoms with Crippen molar-refractivity contribution in [3.05, 3.63) is 28.8 Å². The molecule has 1 heterocycles. The number of carbonyl (C=O) groups is 2. The van der Waals surface area contributed by atoms with Crippen molar-refractivity contribution in [2.75, 3.05) is 32.8 Å². The fraction of sp³-hybridized carbons (Fsp3) is 0.556. The Morgan fingerprint density at radius 2 is 2.04 bits per heavy atom. The van der Waals surface area contributed by atoms with Crippen LogP contribution in [0, 0.1) is 20.8 Å². The second-order valence-corrected chi connectivity index (χ2v) is 6.32. The molecule has 7 nitrogen and oxygen atoms in total. The molecule has 3 N–H and O–H groups in total. The van der Waals surface area contributed by atoms with Gasteiger partial charge in [0.2, 0.25) is 5.91 Å². The van der Waals surface area contributed by atoms with Gasteiger partial charge in [0.05, 0.1) is 6.54 Å². The minimum Gasteiger partial charge on any atom is -0.491 e.